The minimum Gasteiger partial charge on any atom is -0.356 e. The summed E-state index contributed by atoms with van der Waals surface area (Å²) in [6.45, 7) is 2.25. The Morgan fingerprint density at radius 1 is 0.968 bits per heavy atom. The number of hydrogen-bond donors (Lipinski definition) is 0. The molecule has 4 aromatic heterocycles. The average Bonchev–Trinajstić information content (AvgIpc) is 3.56. The van der Waals surface area contributed by atoms with Gasteiger partial charge in [-0.1, -0.05) is 6.42 Å². The lowest BCUT2D eigenvalue weighted by Gasteiger charge is -2.18. The van der Waals surface area contributed by atoms with E-state index in [1.807, 2.05) is 31.8 Å². The molecule has 0 N–H and O–H groups in total. The number of nitrogens with zero attached hydrogens (tertiary/aromatic N) is 7. The maximum atomic E-state index is 9.61. The van der Waals surface area contributed by atoms with Crippen molar-refractivity contribution < 1.29 is 0 Å². The zero-order valence-electron chi connectivity index (χ0n) is 17.4. The molecule has 154 valence electrons. The molecule has 2 aliphatic rings. The first-order valence-electron chi connectivity index (χ1n) is 10.8. The van der Waals surface area contributed by atoms with E-state index in [0.717, 1.165) is 58.5 Å². The second-order valence-corrected chi connectivity index (χ2v) is 8.77. The summed E-state index contributed by atoms with van der Waals surface area (Å²) in [5.74, 6) is 2.72. The Balaban J connectivity index is 1.41. The molecule has 2 fully saturated rings. The van der Waals surface area contributed by atoms with Crippen LogP contribution < -0.4 is 4.90 Å². The van der Waals surface area contributed by atoms with Gasteiger partial charge in [0.15, 0.2) is 0 Å². The van der Waals surface area contributed by atoms with Gasteiger partial charge in [0, 0.05) is 61.0 Å². The Bertz CT molecular complexity index is 1300. The SMILES string of the molecule is Cn1cc(-c2cc(-c3ccc(N4C[C@H]5CCC[C@H]5C4)nc3)c3c(C#N)cnn3c2)cn1. The largest absolute Gasteiger partial charge is 0.356 e. The van der Waals surface area contributed by atoms with E-state index in [-0.39, 0.29) is 0 Å². The predicted molar refractivity (Wildman–Crippen MR) is 118 cm³/mol. The smallest absolute Gasteiger partial charge is 0.128 e. The number of fused-ring (bicyclic) bond motifs is 2. The minimum atomic E-state index is 0.559. The van der Waals surface area contributed by atoms with Crippen molar-refractivity contribution in [2.24, 2.45) is 18.9 Å². The second-order valence-electron chi connectivity index (χ2n) is 8.77. The molecule has 31 heavy (non-hydrogen) atoms. The topological polar surface area (TPSA) is 75.0 Å². The van der Waals surface area contributed by atoms with Crippen molar-refractivity contribution in [2.45, 2.75) is 19.3 Å². The highest BCUT2D eigenvalue weighted by Crippen LogP contribution is 2.39. The molecule has 4 aromatic rings. The van der Waals surface area contributed by atoms with Crippen molar-refractivity contribution >= 4 is 11.3 Å². The van der Waals surface area contributed by atoms with Gasteiger partial charge in [-0.15, -0.1) is 0 Å². The van der Waals surface area contributed by atoms with Crippen LogP contribution in [0.3, 0.4) is 0 Å². The van der Waals surface area contributed by atoms with Gasteiger partial charge in [-0.05, 0) is 42.9 Å². The van der Waals surface area contributed by atoms with Gasteiger partial charge in [0.05, 0.1) is 23.5 Å². The lowest BCUT2D eigenvalue weighted by molar-refractivity contribution is 0.494. The van der Waals surface area contributed by atoms with Gasteiger partial charge in [0.1, 0.15) is 11.9 Å². The van der Waals surface area contributed by atoms with Crippen LogP contribution in [-0.4, -0.2) is 37.5 Å². The first-order chi connectivity index (χ1) is 15.2. The van der Waals surface area contributed by atoms with E-state index in [9.17, 15) is 5.26 Å². The molecular formula is C24H23N7. The third-order valence-electron chi connectivity index (χ3n) is 6.88. The summed E-state index contributed by atoms with van der Waals surface area (Å²) in [5.41, 5.74) is 5.31. The fraction of sp³-hybridized carbons (Fsp3) is 0.333. The molecule has 1 aliphatic carbocycles. The van der Waals surface area contributed by atoms with Gasteiger partial charge in [-0.25, -0.2) is 9.50 Å². The Kier molecular flexibility index (Phi) is 4.06. The lowest BCUT2D eigenvalue weighted by Crippen LogP contribution is -2.21. The number of rotatable bonds is 3. The van der Waals surface area contributed by atoms with Crippen molar-refractivity contribution in [1.29, 1.82) is 5.26 Å². The van der Waals surface area contributed by atoms with E-state index < -0.39 is 0 Å². The number of nitriles is 1. The molecule has 0 spiro atoms. The van der Waals surface area contributed by atoms with Crippen molar-refractivity contribution in [3.05, 3.63) is 54.7 Å². The molecule has 6 rings (SSSR count). The lowest BCUT2D eigenvalue weighted by atomic mass is 10.0. The Hall–Kier alpha value is -3.66. The molecule has 1 aliphatic heterocycles. The van der Waals surface area contributed by atoms with Crippen LogP contribution in [0.25, 0.3) is 27.8 Å². The number of aryl methyl sites for hydroxylation is 1. The average molecular weight is 409 g/mol. The van der Waals surface area contributed by atoms with E-state index in [4.69, 9.17) is 4.98 Å². The molecule has 7 heteroatoms. The second kappa shape index (κ2) is 6.95. The van der Waals surface area contributed by atoms with Crippen molar-refractivity contribution in [3.8, 4) is 28.3 Å². The summed E-state index contributed by atoms with van der Waals surface area (Å²) in [6, 6.07) is 8.61. The predicted octanol–water partition coefficient (Wildman–Crippen LogP) is 3.90. The van der Waals surface area contributed by atoms with Crippen LogP contribution in [0.2, 0.25) is 0 Å². The highest BCUT2D eigenvalue weighted by atomic mass is 15.2. The maximum absolute atomic E-state index is 9.61. The Morgan fingerprint density at radius 3 is 2.48 bits per heavy atom. The third kappa shape index (κ3) is 2.98. The summed E-state index contributed by atoms with van der Waals surface area (Å²) in [6.07, 6.45) is 13.4. The highest BCUT2D eigenvalue weighted by Gasteiger charge is 2.36. The number of hydrogen-bond acceptors (Lipinski definition) is 5. The van der Waals surface area contributed by atoms with E-state index in [1.165, 1.54) is 19.3 Å². The zero-order valence-corrected chi connectivity index (χ0v) is 17.4. The summed E-state index contributed by atoms with van der Waals surface area (Å²) in [4.78, 5) is 7.24. The van der Waals surface area contributed by atoms with Crippen LogP contribution in [0.1, 0.15) is 24.8 Å². The quantitative estimate of drug-likeness (QED) is 0.513. The maximum Gasteiger partial charge on any atom is 0.128 e. The summed E-state index contributed by atoms with van der Waals surface area (Å²) in [5, 5.41) is 18.3. The third-order valence-corrected chi connectivity index (χ3v) is 6.88. The molecule has 0 aromatic carbocycles. The summed E-state index contributed by atoms with van der Waals surface area (Å²) >= 11 is 0. The number of anilines is 1. The molecular weight excluding hydrogens is 386 g/mol. The van der Waals surface area contributed by atoms with Gasteiger partial charge < -0.3 is 4.90 Å². The van der Waals surface area contributed by atoms with Crippen molar-refractivity contribution in [3.63, 3.8) is 0 Å². The van der Waals surface area contributed by atoms with Crippen LogP contribution in [0, 0.1) is 23.2 Å². The van der Waals surface area contributed by atoms with Crippen LogP contribution in [0.5, 0.6) is 0 Å². The minimum absolute atomic E-state index is 0.559. The van der Waals surface area contributed by atoms with E-state index in [1.54, 1.807) is 15.4 Å². The molecule has 0 amide bonds. The molecule has 0 radical (unpaired) electrons. The van der Waals surface area contributed by atoms with E-state index in [2.05, 4.69) is 39.4 Å². The fourth-order valence-corrected chi connectivity index (χ4v) is 5.31. The normalized spacial score (nSPS) is 20.3. The Labute approximate surface area is 180 Å². The summed E-state index contributed by atoms with van der Waals surface area (Å²) in [7, 11) is 1.90. The van der Waals surface area contributed by atoms with Crippen LogP contribution in [0.15, 0.2) is 49.2 Å². The Morgan fingerprint density at radius 2 is 1.81 bits per heavy atom. The number of aromatic nitrogens is 5. The van der Waals surface area contributed by atoms with Gasteiger partial charge >= 0.3 is 0 Å². The van der Waals surface area contributed by atoms with Crippen LogP contribution in [0.4, 0.5) is 5.82 Å². The molecule has 0 bridgehead atoms. The molecule has 1 saturated heterocycles. The number of pyridine rings is 2. The highest BCUT2D eigenvalue weighted by molar-refractivity contribution is 5.87. The van der Waals surface area contributed by atoms with E-state index >= 15 is 0 Å². The first kappa shape index (κ1) is 18.1. The molecule has 7 nitrogen and oxygen atoms in total. The molecule has 0 unspecified atom stereocenters. The van der Waals surface area contributed by atoms with Crippen molar-refractivity contribution in [1.82, 2.24) is 24.4 Å². The molecule has 1 saturated carbocycles. The summed E-state index contributed by atoms with van der Waals surface area (Å²) < 4.78 is 3.57. The van der Waals surface area contributed by atoms with Crippen LogP contribution >= 0.6 is 0 Å². The van der Waals surface area contributed by atoms with Gasteiger partial charge in [-0.2, -0.15) is 15.5 Å². The van der Waals surface area contributed by atoms with Crippen molar-refractivity contribution in [2.75, 3.05) is 18.0 Å². The fourth-order valence-electron chi connectivity index (χ4n) is 5.31. The van der Waals surface area contributed by atoms with E-state index in [0.29, 0.717) is 5.56 Å². The van der Waals surface area contributed by atoms with Crippen LogP contribution in [-0.2, 0) is 7.05 Å². The van der Waals surface area contributed by atoms with Gasteiger partial charge in [0.25, 0.3) is 0 Å². The molecule has 5 heterocycles. The van der Waals surface area contributed by atoms with Gasteiger partial charge in [0.2, 0.25) is 0 Å². The monoisotopic (exact) mass is 409 g/mol. The zero-order chi connectivity index (χ0) is 20.9. The standard InChI is InChI=1S/C24H23N7/c1-29-12-21(11-27-29)19-7-22(24-20(8-25)10-28-31(24)15-19)16-5-6-23(26-9-16)30-13-17-3-2-4-18(17)14-30/h5-7,9-12,15,17-18H,2-4,13-14H2,1H3/t17-,18+. The van der Waals surface area contributed by atoms with Gasteiger partial charge in [-0.3, -0.25) is 4.68 Å². The first-order valence-corrected chi connectivity index (χ1v) is 10.8. The molecule has 2 atom stereocenters.